The quantitative estimate of drug-likeness (QED) is 0.479. The molecule has 0 aromatic rings. The van der Waals surface area contributed by atoms with E-state index in [9.17, 15) is 0 Å². The van der Waals surface area contributed by atoms with Gasteiger partial charge in [-0.25, -0.2) is 0 Å². The van der Waals surface area contributed by atoms with Gasteiger partial charge in [-0.15, -0.1) is 12.4 Å². The Balaban J connectivity index is 0. The Morgan fingerprint density at radius 3 is 1.25 bits per heavy atom. The van der Waals surface area contributed by atoms with Gasteiger partial charge in [-0.1, -0.05) is 0 Å². The van der Waals surface area contributed by atoms with Crippen molar-refractivity contribution in [2.45, 2.75) is 0 Å². The van der Waals surface area contributed by atoms with E-state index >= 15 is 0 Å². The summed E-state index contributed by atoms with van der Waals surface area (Å²) in [6, 6.07) is 0. The van der Waals surface area contributed by atoms with Gasteiger partial charge in [0.1, 0.15) is 0 Å². The molecular formula is HClMoO2. The van der Waals surface area contributed by atoms with Crippen LogP contribution in [0.4, 0.5) is 0 Å². The summed E-state index contributed by atoms with van der Waals surface area (Å²) in [5.41, 5.74) is 0. The van der Waals surface area contributed by atoms with Gasteiger partial charge in [0, 0.05) is 0 Å². The van der Waals surface area contributed by atoms with Crippen LogP contribution < -0.4 is 0 Å². The maximum absolute atomic E-state index is 8.50. The molecule has 0 saturated carbocycles. The van der Waals surface area contributed by atoms with Gasteiger partial charge >= 0.3 is 25.3 Å². The minimum absolute atomic E-state index is 0. The SMILES string of the molecule is Cl.[O]=[Mo]=[O]. The van der Waals surface area contributed by atoms with Gasteiger partial charge < -0.3 is 0 Å². The third-order valence-corrected chi connectivity index (χ3v) is 0. The van der Waals surface area contributed by atoms with Gasteiger partial charge in [-0.3, -0.25) is 0 Å². The normalized spacial score (nSPS) is 3.00. The van der Waals surface area contributed by atoms with Gasteiger partial charge in [0.2, 0.25) is 0 Å². The summed E-state index contributed by atoms with van der Waals surface area (Å²) < 4.78 is 17.0. The first-order valence-electron chi connectivity index (χ1n) is 0.333. The van der Waals surface area contributed by atoms with Crippen molar-refractivity contribution in [1.29, 1.82) is 0 Å². The molecule has 0 aromatic heterocycles. The molecule has 26 valence electrons. The zero-order valence-electron chi connectivity index (χ0n) is 1.63. The summed E-state index contributed by atoms with van der Waals surface area (Å²) >= 11 is -2.03. The zero-order chi connectivity index (χ0) is 2.71. The molecule has 0 atom stereocenters. The van der Waals surface area contributed by atoms with Crippen LogP contribution in [0.5, 0.6) is 0 Å². The predicted octanol–water partition coefficient (Wildman–Crippen LogP) is 0.182. The minimum atomic E-state index is -2.03. The average Bonchev–Trinajstić information content (AvgIpc) is 0.918. The molecule has 0 spiro atoms. The van der Waals surface area contributed by atoms with E-state index in [2.05, 4.69) is 0 Å². The van der Waals surface area contributed by atoms with E-state index in [1.807, 2.05) is 0 Å². The fourth-order valence-electron chi connectivity index (χ4n) is 0. The molecule has 0 bridgehead atoms. The fraction of sp³-hybridized carbons (Fsp3) is 0. The first kappa shape index (κ1) is 8.82. The first-order chi connectivity index (χ1) is 1.41. The molecule has 0 radical (unpaired) electrons. The molecule has 0 unspecified atom stereocenters. The maximum atomic E-state index is 8.50. The number of halogens is 1. The molecule has 0 aliphatic rings. The molecule has 0 N–H and O–H groups in total. The van der Waals surface area contributed by atoms with Crippen LogP contribution in [0.3, 0.4) is 0 Å². The molecule has 0 amide bonds. The van der Waals surface area contributed by atoms with Gasteiger partial charge in [-0.2, -0.15) is 0 Å². The van der Waals surface area contributed by atoms with E-state index in [1.54, 1.807) is 0 Å². The van der Waals surface area contributed by atoms with Crippen LogP contribution in [0.15, 0.2) is 0 Å². The second-order valence-corrected chi connectivity index (χ2v) is 0.403. The Labute approximate surface area is 38.1 Å². The molecule has 0 fully saturated rings. The molecule has 0 aliphatic heterocycles. The van der Waals surface area contributed by atoms with Crippen molar-refractivity contribution >= 4 is 12.4 Å². The van der Waals surface area contributed by atoms with Crippen LogP contribution in [-0.4, -0.2) is 0 Å². The Morgan fingerprint density at radius 2 is 1.25 bits per heavy atom. The van der Waals surface area contributed by atoms with Crippen molar-refractivity contribution in [1.82, 2.24) is 0 Å². The van der Waals surface area contributed by atoms with Crippen molar-refractivity contribution in [3.05, 3.63) is 0 Å². The van der Waals surface area contributed by atoms with E-state index in [0.29, 0.717) is 0 Å². The average molecular weight is 164 g/mol. The first-order valence-corrected chi connectivity index (χ1v) is 1.97. The van der Waals surface area contributed by atoms with Crippen LogP contribution in [0.2, 0.25) is 0 Å². The number of hydrogen-bond donors (Lipinski definition) is 0. The standard InChI is InChI=1S/ClH.Mo.2O/h1H;;;. The third kappa shape index (κ3) is 19.2. The van der Waals surface area contributed by atoms with Crippen molar-refractivity contribution in [3.8, 4) is 0 Å². The van der Waals surface area contributed by atoms with E-state index in [-0.39, 0.29) is 12.4 Å². The summed E-state index contributed by atoms with van der Waals surface area (Å²) in [4.78, 5) is 0. The molecule has 4 heavy (non-hydrogen) atoms. The molecule has 0 aliphatic carbocycles. The van der Waals surface area contributed by atoms with E-state index in [4.69, 9.17) is 6.80 Å². The van der Waals surface area contributed by atoms with Crippen LogP contribution in [-0.2, 0) is 25.3 Å². The Bertz CT molecular complexity index is 27.0. The monoisotopic (exact) mass is 166 g/mol. The van der Waals surface area contributed by atoms with Crippen LogP contribution in [0.1, 0.15) is 0 Å². The Kier molecular flexibility index (Phi) is 21.1. The van der Waals surface area contributed by atoms with E-state index < -0.39 is 18.5 Å². The topological polar surface area (TPSA) is 34.1 Å². The molecule has 0 rings (SSSR count). The van der Waals surface area contributed by atoms with Crippen LogP contribution >= 0.6 is 12.4 Å². The number of hydrogen-bond acceptors (Lipinski definition) is 2. The van der Waals surface area contributed by atoms with Crippen molar-refractivity contribution < 1.29 is 25.3 Å². The van der Waals surface area contributed by atoms with Crippen molar-refractivity contribution in [2.75, 3.05) is 0 Å². The summed E-state index contributed by atoms with van der Waals surface area (Å²) in [6.07, 6.45) is 0. The van der Waals surface area contributed by atoms with Crippen LogP contribution in [0, 0.1) is 0 Å². The molecular weight excluding hydrogens is 163 g/mol. The Morgan fingerprint density at radius 1 is 1.25 bits per heavy atom. The van der Waals surface area contributed by atoms with Gasteiger partial charge in [0.15, 0.2) is 0 Å². The summed E-state index contributed by atoms with van der Waals surface area (Å²) in [6.45, 7) is 0. The summed E-state index contributed by atoms with van der Waals surface area (Å²) in [7, 11) is 0. The molecule has 0 heterocycles. The van der Waals surface area contributed by atoms with Gasteiger partial charge in [0.05, 0.1) is 0 Å². The Hall–Kier alpha value is 0.578. The second kappa shape index (κ2) is 9.55. The summed E-state index contributed by atoms with van der Waals surface area (Å²) in [5.74, 6) is 0. The number of rotatable bonds is 0. The second-order valence-electron chi connectivity index (χ2n) is 0.0680. The fourth-order valence-corrected chi connectivity index (χ4v) is 0. The molecule has 0 saturated heterocycles. The van der Waals surface area contributed by atoms with Crippen molar-refractivity contribution in [3.63, 3.8) is 0 Å². The molecule has 2 nitrogen and oxygen atoms in total. The van der Waals surface area contributed by atoms with Crippen LogP contribution in [0.25, 0.3) is 0 Å². The van der Waals surface area contributed by atoms with Gasteiger partial charge in [0.25, 0.3) is 0 Å². The molecule has 0 aromatic carbocycles. The van der Waals surface area contributed by atoms with E-state index in [0.717, 1.165) is 0 Å². The summed E-state index contributed by atoms with van der Waals surface area (Å²) in [5, 5.41) is 0. The predicted molar refractivity (Wildman–Crippen MR) is 8.62 cm³/mol. The molecule has 4 heteroatoms. The zero-order valence-corrected chi connectivity index (χ0v) is 4.46. The van der Waals surface area contributed by atoms with Gasteiger partial charge in [-0.05, 0) is 0 Å². The van der Waals surface area contributed by atoms with Crippen molar-refractivity contribution in [2.24, 2.45) is 0 Å². The van der Waals surface area contributed by atoms with E-state index in [1.165, 1.54) is 0 Å². The third-order valence-electron chi connectivity index (χ3n) is 0.